The lowest BCUT2D eigenvalue weighted by atomic mass is 9.98. The topological polar surface area (TPSA) is 65.0 Å². The molecule has 2 aliphatic rings. The minimum absolute atomic E-state index is 0.00366. The van der Waals surface area contributed by atoms with Crippen LogP contribution < -0.4 is 10.6 Å². The predicted molar refractivity (Wildman–Crippen MR) is 57.4 cm³/mol. The fourth-order valence-electron chi connectivity index (χ4n) is 1.43. The molecule has 1 aliphatic heterocycles. The fourth-order valence-corrected chi connectivity index (χ4v) is 2.46. The van der Waals surface area contributed by atoms with Gasteiger partial charge >= 0.3 is 6.03 Å². The number of hydrogen-bond acceptors (Lipinski definition) is 3. The second-order valence-electron chi connectivity index (χ2n) is 3.11. The van der Waals surface area contributed by atoms with Crippen LogP contribution in [0, 0.1) is 11.3 Å². The Hall–Kier alpha value is -1.23. The van der Waals surface area contributed by atoms with Crippen LogP contribution in [0.2, 0.25) is 0 Å². The maximum Gasteiger partial charge on any atom is 0.316 e. The molecule has 4 nitrogen and oxygen atoms in total. The molecule has 0 aromatic carbocycles. The molecule has 0 radical (unpaired) electrons. The smallest absolute Gasteiger partial charge is 0.316 e. The highest BCUT2D eigenvalue weighted by atomic mass is 32.2. The van der Waals surface area contributed by atoms with Crippen molar-refractivity contribution in [1.29, 1.82) is 5.41 Å². The van der Waals surface area contributed by atoms with Crippen molar-refractivity contribution in [3.8, 4) is 0 Å². The van der Waals surface area contributed by atoms with Gasteiger partial charge in [-0.1, -0.05) is 18.2 Å². The van der Waals surface area contributed by atoms with Crippen LogP contribution in [-0.4, -0.2) is 23.0 Å². The lowest BCUT2D eigenvalue weighted by Crippen LogP contribution is -2.50. The van der Waals surface area contributed by atoms with Crippen LogP contribution in [-0.2, 0) is 0 Å². The van der Waals surface area contributed by atoms with E-state index in [1.165, 1.54) is 0 Å². The summed E-state index contributed by atoms with van der Waals surface area (Å²) in [6, 6.07) is -0.149. The van der Waals surface area contributed by atoms with Crippen molar-refractivity contribution < 1.29 is 4.79 Å². The number of urea groups is 1. The summed E-state index contributed by atoms with van der Waals surface area (Å²) in [4.78, 5) is 11.1. The number of rotatable bonds is 1. The first-order valence-corrected chi connectivity index (χ1v) is 5.41. The van der Waals surface area contributed by atoms with Gasteiger partial charge in [0, 0.05) is 11.6 Å². The van der Waals surface area contributed by atoms with Gasteiger partial charge in [0.25, 0.3) is 0 Å². The van der Waals surface area contributed by atoms with E-state index >= 15 is 0 Å². The van der Waals surface area contributed by atoms with E-state index in [-0.39, 0.29) is 17.3 Å². The average Bonchev–Trinajstić information content (AvgIpc) is 2.18. The molecule has 3 N–H and O–H groups in total. The van der Waals surface area contributed by atoms with Crippen molar-refractivity contribution in [1.82, 2.24) is 10.6 Å². The van der Waals surface area contributed by atoms with Gasteiger partial charge < -0.3 is 16.0 Å². The standard InChI is InChI=1S/C9H11N3OS/c10-7-4-2-1-3-6(7)8-12-9(13)11-5-14-8/h1-4,6,8,10H,5H2,(H2,11,12,13). The number of allylic oxidation sites excluding steroid dienone is 3. The third kappa shape index (κ3) is 1.82. The molecule has 1 aliphatic carbocycles. The largest absolute Gasteiger partial charge is 0.329 e. The summed E-state index contributed by atoms with van der Waals surface area (Å²) in [5.74, 6) is 0.605. The number of carbonyl (C=O) groups is 1. The summed E-state index contributed by atoms with van der Waals surface area (Å²) >= 11 is 1.61. The van der Waals surface area contributed by atoms with Gasteiger partial charge in [0.1, 0.15) is 0 Å². The van der Waals surface area contributed by atoms with Gasteiger partial charge in [-0.05, 0) is 6.08 Å². The fraction of sp³-hybridized carbons (Fsp3) is 0.333. The van der Waals surface area contributed by atoms with Crippen molar-refractivity contribution in [3.63, 3.8) is 0 Å². The van der Waals surface area contributed by atoms with Crippen LogP contribution in [0.15, 0.2) is 24.3 Å². The van der Waals surface area contributed by atoms with Gasteiger partial charge in [-0.25, -0.2) is 4.79 Å². The van der Waals surface area contributed by atoms with E-state index in [4.69, 9.17) is 5.41 Å². The molecule has 5 heteroatoms. The van der Waals surface area contributed by atoms with Gasteiger partial charge in [0.15, 0.2) is 0 Å². The molecule has 0 spiro atoms. The Morgan fingerprint density at radius 3 is 3.07 bits per heavy atom. The van der Waals surface area contributed by atoms with Gasteiger partial charge in [0.2, 0.25) is 0 Å². The highest BCUT2D eigenvalue weighted by molar-refractivity contribution is 8.00. The van der Waals surface area contributed by atoms with E-state index in [9.17, 15) is 4.79 Å². The van der Waals surface area contributed by atoms with Crippen LogP contribution >= 0.6 is 11.8 Å². The molecular formula is C9H11N3OS. The van der Waals surface area contributed by atoms with E-state index in [0.717, 1.165) is 0 Å². The van der Waals surface area contributed by atoms with Crippen LogP contribution in [0.1, 0.15) is 0 Å². The monoisotopic (exact) mass is 209 g/mol. The Morgan fingerprint density at radius 2 is 2.36 bits per heavy atom. The first-order chi connectivity index (χ1) is 6.77. The quantitative estimate of drug-likeness (QED) is 0.605. The molecule has 2 atom stereocenters. The molecule has 0 bridgehead atoms. The van der Waals surface area contributed by atoms with Crippen LogP contribution in [0.25, 0.3) is 0 Å². The molecule has 2 unspecified atom stereocenters. The van der Waals surface area contributed by atoms with Crippen molar-refractivity contribution >= 4 is 23.5 Å². The Morgan fingerprint density at radius 1 is 1.50 bits per heavy atom. The lowest BCUT2D eigenvalue weighted by Gasteiger charge is -2.29. The van der Waals surface area contributed by atoms with E-state index in [2.05, 4.69) is 10.6 Å². The minimum atomic E-state index is -0.149. The predicted octanol–water partition coefficient (Wildman–Crippen LogP) is 1.08. The van der Waals surface area contributed by atoms with Crippen molar-refractivity contribution in [2.45, 2.75) is 5.37 Å². The Labute approximate surface area is 86.3 Å². The normalized spacial score (nSPS) is 31.1. The molecule has 1 heterocycles. The van der Waals surface area contributed by atoms with E-state index in [1.807, 2.05) is 18.2 Å². The van der Waals surface area contributed by atoms with Crippen molar-refractivity contribution in [2.75, 3.05) is 5.88 Å². The van der Waals surface area contributed by atoms with Crippen LogP contribution in [0.5, 0.6) is 0 Å². The molecule has 14 heavy (non-hydrogen) atoms. The van der Waals surface area contributed by atoms with Gasteiger partial charge in [-0.3, -0.25) is 0 Å². The number of hydrogen-bond donors (Lipinski definition) is 3. The summed E-state index contributed by atoms with van der Waals surface area (Å²) in [6.45, 7) is 0. The molecule has 74 valence electrons. The first-order valence-electron chi connectivity index (χ1n) is 4.36. The summed E-state index contributed by atoms with van der Waals surface area (Å²) < 4.78 is 0. The number of thioether (sulfide) groups is 1. The molecule has 0 aromatic heterocycles. The second kappa shape index (κ2) is 3.88. The minimum Gasteiger partial charge on any atom is -0.329 e. The Kier molecular flexibility index (Phi) is 2.58. The Balaban J connectivity index is 2.07. The molecular weight excluding hydrogens is 198 g/mol. The SMILES string of the molecule is N=C1C=CC=CC1C1NC(=O)NCS1. The van der Waals surface area contributed by atoms with Crippen molar-refractivity contribution in [3.05, 3.63) is 24.3 Å². The Bertz CT molecular complexity index is 324. The van der Waals surface area contributed by atoms with Crippen molar-refractivity contribution in [2.24, 2.45) is 5.92 Å². The number of carbonyl (C=O) groups excluding carboxylic acids is 1. The third-order valence-corrected chi connectivity index (χ3v) is 3.24. The maximum absolute atomic E-state index is 11.1. The zero-order valence-electron chi connectivity index (χ0n) is 7.49. The van der Waals surface area contributed by atoms with Crippen LogP contribution in [0.3, 0.4) is 0 Å². The maximum atomic E-state index is 11.1. The molecule has 0 saturated carbocycles. The molecule has 2 rings (SSSR count). The average molecular weight is 209 g/mol. The summed E-state index contributed by atoms with van der Waals surface area (Å²) in [5.41, 5.74) is 0.548. The second-order valence-corrected chi connectivity index (χ2v) is 4.24. The molecule has 1 saturated heterocycles. The zero-order chi connectivity index (χ0) is 9.97. The molecule has 2 amide bonds. The third-order valence-electron chi connectivity index (χ3n) is 2.16. The molecule has 1 fully saturated rings. The van der Waals surface area contributed by atoms with E-state index in [0.29, 0.717) is 11.6 Å². The first kappa shape index (κ1) is 9.33. The summed E-state index contributed by atoms with van der Waals surface area (Å²) in [5, 5.41) is 13.2. The van der Waals surface area contributed by atoms with Gasteiger partial charge in [-0.2, -0.15) is 0 Å². The highest BCUT2D eigenvalue weighted by Gasteiger charge is 2.27. The number of nitrogens with one attached hydrogen (secondary N) is 3. The van der Waals surface area contributed by atoms with Gasteiger partial charge in [0.05, 0.1) is 11.3 Å². The summed E-state index contributed by atoms with van der Waals surface area (Å²) in [6.07, 6.45) is 7.47. The van der Waals surface area contributed by atoms with E-state index in [1.54, 1.807) is 17.8 Å². The van der Waals surface area contributed by atoms with Gasteiger partial charge in [-0.15, -0.1) is 11.8 Å². The summed E-state index contributed by atoms with van der Waals surface area (Å²) in [7, 11) is 0. The van der Waals surface area contributed by atoms with Crippen LogP contribution in [0.4, 0.5) is 4.79 Å². The van der Waals surface area contributed by atoms with E-state index < -0.39 is 0 Å². The zero-order valence-corrected chi connectivity index (χ0v) is 8.30. The molecule has 0 aromatic rings. The highest BCUT2D eigenvalue weighted by Crippen LogP contribution is 2.23. The number of amides is 2. The lowest BCUT2D eigenvalue weighted by molar-refractivity contribution is 0.240.